The zero-order chi connectivity index (χ0) is 9.30. The highest BCUT2D eigenvalue weighted by Gasteiger charge is 2.09. The van der Waals surface area contributed by atoms with Gasteiger partial charge in [0.2, 0.25) is 5.88 Å². The molecule has 0 unspecified atom stereocenters. The standard InChI is InChI=1S/C6H7NO3S2/c1-3-5(10)7(2-4(8)9)6(11)12-3/h10H,2H2,1H3,(H,8,9). The van der Waals surface area contributed by atoms with Crippen LogP contribution < -0.4 is 0 Å². The van der Waals surface area contributed by atoms with Gasteiger partial charge in [0.25, 0.3) is 0 Å². The van der Waals surface area contributed by atoms with E-state index in [1.807, 2.05) is 0 Å². The summed E-state index contributed by atoms with van der Waals surface area (Å²) in [6.45, 7) is 1.41. The summed E-state index contributed by atoms with van der Waals surface area (Å²) >= 11 is 6.04. The van der Waals surface area contributed by atoms with Crippen molar-refractivity contribution < 1.29 is 15.0 Å². The van der Waals surface area contributed by atoms with Crippen LogP contribution in [-0.4, -0.2) is 20.7 Å². The summed E-state index contributed by atoms with van der Waals surface area (Å²) in [7, 11) is 0. The molecular formula is C6H7NO3S2. The number of aliphatic carboxylic acids is 1. The Morgan fingerprint density at radius 3 is 2.67 bits per heavy atom. The highest BCUT2D eigenvalue weighted by Crippen LogP contribution is 2.24. The van der Waals surface area contributed by atoms with Gasteiger partial charge in [0, 0.05) is 0 Å². The van der Waals surface area contributed by atoms with E-state index in [0.29, 0.717) is 8.83 Å². The number of rotatable bonds is 2. The SMILES string of the molecule is Cc1sc(=S)n(CC(=O)O)c1O. The Labute approximate surface area is 77.7 Å². The number of aromatic nitrogens is 1. The van der Waals surface area contributed by atoms with Gasteiger partial charge in [-0.1, -0.05) is 0 Å². The first-order chi connectivity index (χ1) is 5.52. The number of carboxylic acids is 1. The molecule has 6 heteroatoms. The van der Waals surface area contributed by atoms with Crippen molar-refractivity contribution in [3.8, 4) is 5.88 Å². The van der Waals surface area contributed by atoms with E-state index in [1.54, 1.807) is 6.92 Å². The van der Waals surface area contributed by atoms with E-state index < -0.39 is 5.97 Å². The van der Waals surface area contributed by atoms with Crippen molar-refractivity contribution in [2.45, 2.75) is 13.5 Å². The van der Waals surface area contributed by atoms with Crippen LogP contribution in [0.15, 0.2) is 0 Å². The summed E-state index contributed by atoms with van der Waals surface area (Å²) in [6.07, 6.45) is 0. The second kappa shape index (κ2) is 3.24. The van der Waals surface area contributed by atoms with Gasteiger partial charge in [0.05, 0.1) is 4.88 Å². The number of carboxylic acid groups (broad SMARTS) is 1. The van der Waals surface area contributed by atoms with E-state index in [2.05, 4.69) is 0 Å². The fourth-order valence-electron chi connectivity index (χ4n) is 0.783. The molecule has 12 heavy (non-hydrogen) atoms. The summed E-state index contributed by atoms with van der Waals surface area (Å²) in [5, 5.41) is 17.8. The van der Waals surface area contributed by atoms with E-state index in [4.69, 9.17) is 17.3 Å². The number of carbonyl (C=O) groups is 1. The maximum Gasteiger partial charge on any atom is 0.323 e. The Balaban J connectivity index is 3.14. The molecule has 0 radical (unpaired) electrons. The van der Waals surface area contributed by atoms with Crippen molar-refractivity contribution in [3.63, 3.8) is 0 Å². The van der Waals surface area contributed by atoms with Crippen LogP contribution in [0.2, 0.25) is 0 Å². The van der Waals surface area contributed by atoms with Gasteiger partial charge in [-0.25, -0.2) is 0 Å². The Morgan fingerprint density at radius 2 is 2.33 bits per heavy atom. The molecule has 1 rings (SSSR count). The largest absolute Gasteiger partial charge is 0.494 e. The number of thiazole rings is 1. The fourth-order valence-corrected chi connectivity index (χ4v) is 2.03. The van der Waals surface area contributed by atoms with Crippen molar-refractivity contribution in [3.05, 3.63) is 8.83 Å². The predicted octanol–water partition coefficient (Wildman–Crippen LogP) is 1.38. The summed E-state index contributed by atoms with van der Waals surface area (Å²) in [5.41, 5.74) is 0. The zero-order valence-corrected chi connectivity index (χ0v) is 7.91. The molecule has 0 aliphatic carbocycles. The molecule has 0 atom stereocenters. The molecule has 1 heterocycles. The first-order valence-corrected chi connectivity index (χ1v) is 4.36. The minimum Gasteiger partial charge on any atom is -0.494 e. The molecule has 66 valence electrons. The minimum atomic E-state index is -1.01. The topological polar surface area (TPSA) is 62.5 Å². The van der Waals surface area contributed by atoms with Crippen LogP contribution in [0.4, 0.5) is 0 Å². The average Bonchev–Trinajstić information content (AvgIpc) is 2.16. The lowest BCUT2D eigenvalue weighted by atomic mass is 10.5. The molecule has 0 saturated carbocycles. The smallest absolute Gasteiger partial charge is 0.323 e. The summed E-state index contributed by atoms with van der Waals surface area (Å²) < 4.78 is 1.57. The maximum absolute atomic E-state index is 10.3. The maximum atomic E-state index is 10.3. The van der Waals surface area contributed by atoms with Crippen molar-refractivity contribution >= 4 is 29.5 Å². The Kier molecular flexibility index (Phi) is 2.49. The fraction of sp³-hybridized carbons (Fsp3) is 0.333. The third-order valence-electron chi connectivity index (χ3n) is 1.32. The summed E-state index contributed by atoms with van der Waals surface area (Å²) in [5.74, 6) is -1.06. The number of aryl methyl sites for hydroxylation is 1. The molecule has 2 N–H and O–H groups in total. The third kappa shape index (κ3) is 1.64. The Hall–Kier alpha value is -0.880. The molecule has 0 aromatic carbocycles. The second-order valence-corrected chi connectivity index (χ2v) is 4.08. The van der Waals surface area contributed by atoms with Gasteiger partial charge in [0.15, 0.2) is 3.95 Å². The van der Waals surface area contributed by atoms with Gasteiger partial charge < -0.3 is 10.2 Å². The molecule has 0 fully saturated rings. The summed E-state index contributed by atoms with van der Waals surface area (Å²) in [6, 6.07) is 0. The highest BCUT2D eigenvalue weighted by molar-refractivity contribution is 7.73. The Bertz CT molecular complexity index is 365. The van der Waals surface area contributed by atoms with Crippen LogP contribution in [0, 0.1) is 10.9 Å². The monoisotopic (exact) mass is 205 g/mol. The van der Waals surface area contributed by atoms with Crippen LogP contribution in [-0.2, 0) is 11.3 Å². The van der Waals surface area contributed by atoms with E-state index in [1.165, 1.54) is 15.9 Å². The molecule has 0 spiro atoms. The normalized spacial score (nSPS) is 10.1. The van der Waals surface area contributed by atoms with Crippen LogP contribution >= 0.6 is 23.6 Å². The summed E-state index contributed by atoms with van der Waals surface area (Å²) in [4.78, 5) is 10.9. The first kappa shape index (κ1) is 9.21. The molecule has 0 aliphatic heterocycles. The quantitative estimate of drug-likeness (QED) is 0.716. The van der Waals surface area contributed by atoms with Crippen LogP contribution in [0.1, 0.15) is 4.88 Å². The van der Waals surface area contributed by atoms with Gasteiger partial charge in [-0.05, 0) is 19.1 Å². The van der Waals surface area contributed by atoms with E-state index >= 15 is 0 Å². The molecular weight excluding hydrogens is 198 g/mol. The van der Waals surface area contributed by atoms with E-state index in [-0.39, 0.29) is 12.4 Å². The number of hydrogen-bond acceptors (Lipinski definition) is 4. The minimum absolute atomic E-state index is 0.0487. The van der Waals surface area contributed by atoms with Gasteiger partial charge in [0.1, 0.15) is 6.54 Å². The van der Waals surface area contributed by atoms with E-state index in [0.717, 1.165) is 0 Å². The number of nitrogens with zero attached hydrogens (tertiary/aromatic N) is 1. The van der Waals surface area contributed by atoms with Crippen molar-refractivity contribution in [2.24, 2.45) is 0 Å². The van der Waals surface area contributed by atoms with Crippen LogP contribution in [0.3, 0.4) is 0 Å². The van der Waals surface area contributed by atoms with Crippen molar-refractivity contribution in [1.82, 2.24) is 4.57 Å². The van der Waals surface area contributed by atoms with Gasteiger partial charge in [-0.2, -0.15) is 0 Å². The molecule has 0 bridgehead atoms. The lowest BCUT2D eigenvalue weighted by Crippen LogP contribution is -2.07. The highest BCUT2D eigenvalue weighted by atomic mass is 32.1. The van der Waals surface area contributed by atoms with Crippen LogP contribution in [0.5, 0.6) is 5.88 Å². The number of hydrogen-bond donors (Lipinski definition) is 2. The molecule has 0 aliphatic rings. The molecule has 4 nitrogen and oxygen atoms in total. The zero-order valence-electron chi connectivity index (χ0n) is 6.27. The lowest BCUT2D eigenvalue weighted by Gasteiger charge is -1.98. The Morgan fingerprint density at radius 1 is 1.75 bits per heavy atom. The second-order valence-electron chi connectivity index (χ2n) is 2.23. The third-order valence-corrected chi connectivity index (χ3v) is 2.68. The molecule has 1 aromatic rings. The average molecular weight is 205 g/mol. The van der Waals surface area contributed by atoms with Crippen LogP contribution in [0.25, 0.3) is 0 Å². The van der Waals surface area contributed by atoms with Gasteiger partial charge in [-0.15, -0.1) is 11.3 Å². The predicted molar refractivity (Wildman–Crippen MR) is 47.2 cm³/mol. The van der Waals surface area contributed by atoms with Crippen molar-refractivity contribution in [2.75, 3.05) is 0 Å². The van der Waals surface area contributed by atoms with Gasteiger partial charge >= 0.3 is 5.97 Å². The lowest BCUT2D eigenvalue weighted by molar-refractivity contribution is -0.137. The first-order valence-electron chi connectivity index (χ1n) is 3.13. The molecule has 0 saturated heterocycles. The van der Waals surface area contributed by atoms with E-state index in [9.17, 15) is 9.90 Å². The molecule has 0 amide bonds. The number of aromatic hydroxyl groups is 1. The molecule has 1 aromatic heterocycles. The van der Waals surface area contributed by atoms with Gasteiger partial charge in [-0.3, -0.25) is 9.36 Å². The van der Waals surface area contributed by atoms with Crippen molar-refractivity contribution in [1.29, 1.82) is 0 Å².